The molecule has 2 atom stereocenters. The highest BCUT2D eigenvalue weighted by Gasteiger charge is 2.17. The van der Waals surface area contributed by atoms with Crippen LogP contribution in [0.1, 0.15) is 39.5 Å². The molecule has 0 heterocycles. The van der Waals surface area contributed by atoms with Gasteiger partial charge in [-0.05, 0) is 43.7 Å². The second-order valence-corrected chi connectivity index (χ2v) is 4.94. The van der Waals surface area contributed by atoms with Crippen molar-refractivity contribution < 1.29 is 0 Å². The van der Waals surface area contributed by atoms with Crippen molar-refractivity contribution >= 4 is 11.6 Å². The smallest absolute Gasteiger partial charge is 0.0173 e. The maximum absolute atomic E-state index is 5.59. The quantitative estimate of drug-likeness (QED) is 0.757. The van der Waals surface area contributed by atoms with Gasteiger partial charge in [-0.1, -0.05) is 31.4 Å². The lowest BCUT2D eigenvalue weighted by Crippen LogP contribution is -2.27. The standard InChI is InChI=1S/C12H22ClN/c1-10-4-3-5-12(6-10)9-14-8-11(2)7-13/h7,10,12,14H,3-6,8-9H2,1-2H3. The van der Waals surface area contributed by atoms with Crippen molar-refractivity contribution in [3.05, 3.63) is 11.1 Å². The van der Waals surface area contributed by atoms with Gasteiger partial charge in [0.05, 0.1) is 0 Å². The second-order valence-electron chi connectivity index (χ2n) is 4.72. The average Bonchev–Trinajstić information content (AvgIpc) is 2.17. The van der Waals surface area contributed by atoms with E-state index in [-0.39, 0.29) is 0 Å². The summed E-state index contributed by atoms with van der Waals surface area (Å²) >= 11 is 5.59. The van der Waals surface area contributed by atoms with Crippen LogP contribution >= 0.6 is 11.6 Å². The van der Waals surface area contributed by atoms with E-state index in [4.69, 9.17) is 11.6 Å². The van der Waals surface area contributed by atoms with E-state index in [1.54, 1.807) is 5.54 Å². The molecule has 0 aromatic carbocycles. The molecule has 0 amide bonds. The van der Waals surface area contributed by atoms with Crippen LogP contribution in [0.3, 0.4) is 0 Å². The van der Waals surface area contributed by atoms with Crippen molar-refractivity contribution in [2.75, 3.05) is 13.1 Å². The Labute approximate surface area is 92.9 Å². The minimum Gasteiger partial charge on any atom is -0.313 e. The number of rotatable bonds is 4. The first kappa shape index (κ1) is 12.1. The summed E-state index contributed by atoms with van der Waals surface area (Å²) in [5.41, 5.74) is 2.88. The molecule has 2 heteroatoms. The van der Waals surface area contributed by atoms with Crippen LogP contribution in [0.15, 0.2) is 11.1 Å². The molecule has 0 bridgehead atoms. The molecule has 0 aliphatic heterocycles. The zero-order valence-corrected chi connectivity index (χ0v) is 10.1. The van der Waals surface area contributed by atoms with Crippen molar-refractivity contribution in [3.8, 4) is 0 Å². The number of halogens is 1. The van der Waals surface area contributed by atoms with Crippen LogP contribution in [0.5, 0.6) is 0 Å². The van der Waals surface area contributed by atoms with Gasteiger partial charge in [-0.15, -0.1) is 0 Å². The summed E-state index contributed by atoms with van der Waals surface area (Å²) in [6, 6.07) is 0. The van der Waals surface area contributed by atoms with Crippen LogP contribution in [0.4, 0.5) is 0 Å². The van der Waals surface area contributed by atoms with Crippen molar-refractivity contribution in [2.24, 2.45) is 11.8 Å². The molecule has 0 spiro atoms. The van der Waals surface area contributed by atoms with Gasteiger partial charge in [-0.3, -0.25) is 0 Å². The lowest BCUT2D eigenvalue weighted by Gasteiger charge is -2.26. The van der Waals surface area contributed by atoms with Gasteiger partial charge in [0, 0.05) is 12.1 Å². The Morgan fingerprint density at radius 1 is 1.50 bits per heavy atom. The van der Waals surface area contributed by atoms with Gasteiger partial charge in [0.1, 0.15) is 0 Å². The Morgan fingerprint density at radius 3 is 2.93 bits per heavy atom. The highest BCUT2D eigenvalue weighted by atomic mass is 35.5. The third kappa shape index (κ3) is 4.47. The van der Waals surface area contributed by atoms with E-state index in [1.165, 1.54) is 31.3 Å². The zero-order valence-electron chi connectivity index (χ0n) is 9.35. The highest BCUT2D eigenvalue weighted by molar-refractivity contribution is 6.25. The summed E-state index contributed by atoms with van der Waals surface area (Å²) in [5.74, 6) is 1.82. The molecule has 0 aromatic rings. The van der Waals surface area contributed by atoms with Crippen LogP contribution in [0.2, 0.25) is 0 Å². The fourth-order valence-corrected chi connectivity index (χ4v) is 2.33. The van der Waals surface area contributed by atoms with E-state index < -0.39 is 0 Å². The molecule has 0 saturated heterocycles. The molecule has 0 aromatic heterocycles. The Kier molecular flexibility index (Phi) is 5.57. The van der Waals surface area contributed by atoms with Crippen LogP contribution in [-0.2, 0) is 0 Å². The van der Waals surface area contributed by atoms with E-state index in [9.17, 15) is 0 Å². The van der Waals surface area contributed by atoms with E-state index in [0.717, 1.165) is 24.9 Å². The Bertz CT molecular complexity index is 189. The highest BCUT2D eigenvalue weighted by Crippen LogP contribution is 2.27. The zero-order chi connectivity index (χ0) is 10.4. The van der Waals surface area contributed by atoms with E-state index in [1.807, 2.05) is 0 Å². The molecule has 1 saturated carbocycles. The molecule has 1 nitrogen and oxygen atoms in total. The van der Waals surface area contributed by atoms with Crippen molar-refractivity contribution in [1.29, 1.82) is 0 Å². The van der Waals surface area contributed by atoms with Crippen LogP contribution < -0.4 is 5.32 Å². The molecule has 14 heavy (non-hydrogen) atoms. The summed E-state index contributed by atoms with van der Waals surface area (Å²) in [6.45, 7) is 6.53. The van der Waals surface area contributed by atoms with E-state index in [0.29, 0.717) is 0 Å². The first-order valence-corrected chi connectivity index (χ1v) is 6.12. The maximum Gasteiger partial charge on any atom is 0.0173 e. The van der Waals surface area contributed by atoms with Gasteiger partial charge >= 0.3 is 0 Å². The Hall–Kier alpha value is -0.0100. The van der Waals surface area contributed by atoms with Crippen molar-refractivity contribution in [3.63, 3.8) is 0 Å². The SMILES string of the molecule is CC(=CCl)CNCC1CCCC(C)C1. The lowest BCUT2D eigenvalue weighted by atomic mass is 9.82. The molecule has 1 N–H and O–H groups in total. The minimum atomic E-state index is 0.891. The number of hydrogen-bond donors (Lipinski definition) is 1. The predicted octanol–water partition coefficient (Wildman–Crippen LogP) is 3.54. The fourth-order valence-electron chi connectivity index (χ4n) is 2.26. The summed E-state index contributed by atoms with van der Waals surface area (Å²) in [6.07, 6.45) is 5.65. The molecule has 1 rings (SSSR count). The van der Waals surface area contributed by atoms with Crippen LogP contribution in [0.25, 0.3) is 0 Å². The summed E-state index contributed by atoms with van der Waals surface area (Å²) in [7, 11) is 0. The molecule has 1 aliphatic carbocycles. The fraction of sp³-hybridized carbons (Fsp3) is 0.833. The normalized spacial score (nSPS) is 29.2. The molecular formula is C12H22ClN. The third-order valence-electron chi connectivity index (χ3n) is 3.07. The van der Waals surface area contributed by atoms with E-state index in [2.05, 4.69) is 19.2 Å². The van der Waals surface area contributed by atoms with Gasteiger partial charge in [-0.2, -0.15) is 0 Å². The molecule has 82 valence electrons. The molecule has 1 aliphatic rings. The lowest BCUT2D eigenvalue weighted by molar-refractivity contribution is 0.276. The average molecular weight is 216 g/mol. The second kappa shape index (κ2) is 6.47. The maximum atomic E-state index is 5.59. The summed E-state index contributed by atoms with van der Waals surface area (Å²) in [5, 5.41) is 3.47. The van der Waals surface area contributed by atoms with Gasteiger partial charge in [0.2, 0.25) is 0 Å². The van der Waals surface area contributed by atoms with Crippen molar-refractivity contribution in [2.45, 2.75) is 39.5 Å². The van der Waals surface area contributed by atoms with Gasteiger partial charge in [0.25, 0.3) is 0 Å². The van der Waals surface area contributed by atoms with E-state index >= 15 is 0 Å². The summed E-state index contributed by atoms with van der Waals surface area (Å²) in [4.78, 5) is 0. The predicted molar refractivity (Wildman–Crippen MR) is 63.6 cm³/mol. The van der Waals surface area contributed by atoms with Crippen LogP contribution in [-0.4, -0.2) is 13.1 Å². The van der Waals surface area contributed by atoms with Gasteiger partial charge in [-0.25, -0.2) is 0 Å². The Morgan fingerprint density at radius 2 is 2.29 bits per heavy atom. The Balaban J connectivity index is 2.11. The van der Waals surface area contributed by atoms with Gasteiger partial charge < -0.3 is 5.32 Å². The number of hydrogen-bond acceptors (Lipinski definition) is 1. The topological polar surface area (TPSA) is 12.0 Å². The third-order valence-corrected chi connectivity index (χ3v) is 3.44. The van der Waals surface area contributed by atoms with Crippen LogP contribution in [0, 0.1) is 11.8 Å². The van der Waals surface area contributed by atoms with Crippen molar-refractivity contribution in [1.82, 2.24) is 5.32 Å². The monoisotopic (exact) mass is 215 g/mol. The summed E-state index contributed by atoms with van der Waals surface area (Å²) < 4.78 is 0. The largest absolute Gasteiger partial charge is 0.313 e. The molecular weight excluding hydrogens is 194 g/mol. The first-order valence-electron chi connectivity index (χ1n) is 5.69. The molecule has 2 unspecified atom stereocenters. The molecule has 1 fully saturated rings. The molecule has 0 radical (unpaired) electrons. The van der Waals surface area contributed by atoms with Gasteiger partial charge in [0.15, 0.2) is 0 Å². The minimum absolute atomic E-state index is 0.891. The number of nitrogens with one attached hydrogen (secondary N) is 1. The first-order chi connectivity index (χ1) is 6.72.